The standard InChI is InChI=1S/C12H20N4O3.ClH/c1-12(2)10(18)15-11(19)16(12)7-9(17)14-6-8-4-3-5-13-8;/h8,13H,3-7H2,1-2H3,(H,14,17)(H,15,18,19);1H. The van der Waals surface area contributed by atoms with Gasteiger partial charge in [-0.1, -0.05) is 0 Å². The van der Waals surface area contributed by atoms with Crippen molar-refractivity contribution < 1.29 is 14.4 Å². The predicted octanol–water partition coefficient (Wildman–Crippen LogP) is -0.393. The lowest BCUT2D eigenvalue weighted by Gasteiger charge is -2.27. The Labute approximate surface area is 124 Å². The van der Waals surface area contributed by atoms with Crippen molar-refractivity contribution in [2.24, 2.45) is 0 Å². The molecule has 2 rings (SSSR count). The summed E-state index contributed by atoms with van der Waals surface area (Å²) in [4.78, 5) is 36.2. The fraction of sp³-hybridized carbons (Fsp3) is 0.750. The summed E-state index contributed by atoms with van der Waals surface area (Å²) in [6.07, 6.45) is 2.17. The summed E-state index contributed by atoms with van der Waals surface area (Å²) in [6.45, 7) is 4.69. The van der Waals surface area contributed by atoms with Crippen LogP contribution >= 0.6 is 12.4 Å². The monoisotopic (exact) mass is 304 g/mol. The molecule has 1 atom stereocenters. The molecule has 0 saturated carbocycles. The van der Waals surface area contributed by atoms with Gasteiger partial charge in [-0.25, -0.2) is 4.79 Å². The normalized spacial score (nSPS) is 24.3. The van der Waals surface area contributed by atoms with Gasteiger partial charge in [-0.2, -0.15) is 0 Å². The number of hydrogen-bond acceptors (Lipinski definition) is 4. The molecule has 2 saturated heterocycles. The largest absolute Gasteiger partial charge is 0.353 e. The first-order chi connectivity index (χ1) is 8.91. The lowest BCUT2D eigenvalue weighted by molar-refractivity contribution is -0.127. The van der Waals surface area contributed by atoms with E-state index in [1.165, 1.54) is 4.90 Å². The first-order valence-corrected chi connectivity index (χ1v) is 6.54. The fourth-order valence-corrected chi connectivity index (χ4v) is 2.33. The first kappa shape index (κ1) is 16.7. The summed E-state index contributed by atoms with van der Waals surface area (Å²) in [7, 11) is 0. The molecule has 0 aromatic carbocycles. The third-order valence-electron chi connectivity index (χ3n) is 3.71. The molecule has 2 aliphatic heterocycles. The maximum atomic E-state index is 11.8. The number of nitrogens with one attached hydrogen (secondary N) is 3. The minimum atomic E-state index is -0.972. The first-order valence-electron chi connectivity index (χ1n) is 6.54. The van der Waals surface area contributed by atoms with Gasteiger partial charge in [0.05, 0.1) is 0 Å². The molecule has 0 aromatic rings. The summed E-state index contributed by atoms with van der Waals surface area (Å²) < 4.78 is 0. The van der Waals surface area contributed by atoms with Gasteiger partial charge in [0.1, 0.15) is 12.1 Å². The zero-order valence-corrected chi connectivity index (χ0v) is 12.5. The van der Waals surface area contributed by atoms with E-state index in [-0.39, 0.29) is 30.8 Å². The molecule has 8 heteroatoms. The van der Waals surface area contributed by atoms with Crippen LogP contribution in [0.2, 0.25) is 0 Å². The molecular formula is C12H21ClN4O3. The van der Waals surface area contributed by atoms with Crippen LogP contribution in [0, 0.1) is 0 Å². The van der Waals surface area contributed by atoms with Gasteiger partial charge in [0.2, 0.25) is 5.91 Å². The maximum Gasteiger partial charge on any atom is 0.325 e. The van der Waals surface area contributed by atoms with Crippen molar-refractivity contribution >= 4 is 30.3 Å². The number of nitrogens with zero attached hydrogens (tertiary/aromatic N) is 1. The van der Waals surface area contributed by atoms with Crippen molar-refractivity contribution in [3.05, 3.63) is 0 Å². The number of rotatable bonds is 4. The molecule has 114 valence electrons. The Morgan fingerprint density at radius 3 is 2.65 bits per heavy atom. The topological polar surface area (TPSA) is 90.5 Å². The van der Waals surface area contributed by atoms with E-state index >= 15 is 0 Å². The fourth-order valence-electron chi connectivity index (χ4n) is 2.33. The summed E-state index contributed by atoms with van der Waals surface area (Å²) in [5, 5.41) is 8.28. The van der Waals surface area contributed by atoms with Gasteiger partial charge in [-0.15, -0.1) is 12.4 Å². The number of hydrogen-bond donors (Lipinski definition) is 3. The average molecular weight is 305 g/mol. The molecule has 0 spiro atoms. The summed E-state index contributed by atoms with van der Waals surface area (Å²) in [5.74, 6) is -0.616. The second kappa shape index (κ2) is 6.41. The maximum absolute atomic E-state index is 11.8. The third-order valence-corrected chi connectivity index (χ3v) is 3.71. The van der Waals surface area contributed by atoms with Crippen LogP contribution in [0.25, 0.3) is 0 Å². The molecule has 4 amide bonds. The third kappa shape index (κ3) is 3.40. The number of amides is 4. The average Bonchev–Trinajstić information content (AvgIpc) is 2.91. The van der Waals surface area contributed by atoms with Crippen molar-refractivity contribution in [2.75, 3.05) is 19.6 Å². The van der Waals surface area contributed by atoms with Crippen molar-refractivity contribution in [3.63, 3.8) is 0 Å². The predicted molar refractivity (Wildman–Crippen MR) is 75.6 cm³/mol. The Bertz CT molecular complexity index is 408. The molecule has 1 unspecified atom stereocenters. The molecule has 0 bridgehead atoms. The summed E-state index contributed by atoms with van der Waals surface area (Å²) in [6, 6.07) is -0.199. The number of urea groups is 1. The molecule has 2 fully saturated rings. The highest BCUT2D eigenvalue weighted by atomic mass is 35.5. The smallest absolute Gasteiger partial charge is 0.325 e. The van der Waals surface area contributed by atoms with E-state index in [4.69, 9.17) is 0 Å². The molecule has 2 aliphatic rings. The molecule has 0 aliphatic carbocycles. The number of carbonyl (C=O) groups is 3. The van der Waals surface area contributed by atoms with Crippen LogP contribution in [0.1, 0.15) is 26.7 Å². The number of carbonyl (C=O) groups excluding carboxylic acids is 3. The van der Waals surface area contributed by atoms with Gasteiger partial charge in [0.15, 0.2) is 0 Å². The lowest BCUT2D eigenvalue weighted by Crippen LogP contribution is -2.50. The van der Waals surface area contributed by atoms with Crippen LogP contribution in [0.3, 0.4) is 0 Å². The molecule has 0 radical (unpaired) electrons. The van der Waals surface area contributed by atoms with Crippen molar-refractivity contribution in [2.45, 2.75) is 38.3 Å². The molecule has 0 aromatic heterocycles. The summed E-state index contributed by atoms with van der Waals surface area (Å²) in [5.41, 5.74) is -0.972. The highest BCUT2D eigenvalue weighted by Crippen LogP contribution is 2.20. The van der Waals surface area contributed by atoms with E-state index in [9.17, 15) is 14.4 Å². The lowest BCUT2D eigenvalue weighted by atomic mass is 10.0. The van der Waals surface area contributed by atoms with Crippen molar-refractivity contribution in [3.8, 4) is 0 Å². The SMILES string of the molecule is CC1(C)C(=O)NC(=O)N1CC(=O)NCC1CCCN1.Cl. The Kier molecular flexibility index (Phi) is 5.35. The Morgan fingerprint density at radius 1 is 1.45 bits per heavy atom. The van der Waals surface area contributed by atoms with Crippen LogP contribution < -0.4 is 16.0 Å². The quantitative estimate of drug-likeness (QED) is 0.617. The van der Waals surface area contributed by atoms with E-state index in [1.54, 1.807) is 13.8 Å². The van der Waals surface area contributed by atoms with Gasteiger partial charge >= 0.3 is 6.03 Å². The van der Waals surface area contributed by atoms with Crippen molar-refractivity contribution in [1.29, 1.82) is 0 Å². The molecule has 20 heavy (non-hydrogen) atoms. The Hall–Kier alpha value is -1.34. The Balaban J connectivity index is 0.00000200. The molecular weight excluding hydrogens is 284 g/mol. The van der Waals surface area contributed by atoms with Gasteiger partial charge < -0.3 is 15.5 Å². The zero-order chi connectivity index (χ0) is 14.0. The van der Waals surface area contributed by atoms with E-state index < -0.39 is 11.6 Å². The van der Waals surface area contributed by atoms with Gasteiger partial charge in [-0.05, 0) is 33.2 Å². The van der Waals surface area contributed by atoms with Crippen LogP contribution in [-0.4, -0.2) is 54.0 Å². The van der Waals surface area contributed by atoms with Crippen molar-refractivity contribution in [1.82, 2.24) is 20.9 Å². The highest BCUT2D eigenvalue weighted by molar-refractivity contribution is 6.07. The van der Waals surface area contributed by atoms with E-state index in [2.05, 4.69) is 16.0 Å². The molecule has 2 heterocycles. The minimum absolute atomic E-state index is 0. The van der Waals surface area contributed by atoms with Crippen LogP contribution in [0.15, 0.2) is 0 Å². The highest BCUT2D eigenvalue weighted by Gasteiger charge is 2.46. The second-order valence-electron chi connectivity index (χ2n) is 5.50. The van der Waals surface area contributed by atoms with E-state index in [0.29, 0.717) is 12.6 Å². The number of halogens is 1. The minimum Gasteiger partial charge on any atom is -0.353 e. The van der Waals surface area contributed by atoms with Crippen LogP contribution in [0.4, 0.5) is 4.79 Å². The molecule has 7 nitrogen and oxygen atoms in total. The van der Waals surface area contributed by atoms with Gasteiger partial charge in [0, 0.05) is 12.6 Å². The van der Waals surface area contributed by atoms with E-state index in [1.807, 2.05) is 0 Å². The van der Waals surface area contributed by atoms with E-state index in [0.717, 1.165) is 19.4 Å². The number of imide groups is 1. The van der Waals surface area contributed by atoms with Crippen LogP contribution in [-0.2, 0) is 9.59 Å². The van der Waals surface area contributed by atoms with Gasteiger partial charge in [0.25, 0.3) is 5.91 Å². The molecule has 3 N–H and O–H groups in total. The zero-order valence-electron chi connectivity index (χ0n) is 11.7. The Morgan fingerprint density at radius 2 is 2.15 bits per heavy atom. The summed E-state index contributed by atoms with van der Waals surface area (Å²) >= 11 is 0. The van der Waals surface area contributed by atoms with Crippen LogP contribution in [0.5, 0.6) is 0 Å². The van der Waals surface area contributed by atoms with Gasteiger partial charge in [-0.3, -0.25) is 14.9 Å². The second-order valence-corrected chi connectivity index (χ2v) is 5.50.